The van der Waals surface area contributed by atoms with Crippen LogP contribution >= 0.6 is 0 Å². The molecule has 6 heteroatoms. The van der Waals surface area contributed by atoms with Crippen molar-refractivity contribution >= 4 is 17.7 Å². The molecule has 0 aromatic carbocycles. The van der Waals surface area contributed by atoms with Crippen molar-refractivity contribution in [2.24, 2.45) is 0 Å². The van der Waals surface area contributed by atoms with Crippen molar-refractivity contribution in [1.82, 2.24) is 4.90 Å². The highest BCUT2D eigenvalue weighted by molar-refractivity contribution is 6.05. The zero-order valence-corrected chi connectivity index (χ0v) is 7.47. The number of aliphatic carboxylic acids is 1. The van der Waals surface area contributed by atoms with Crippen LogP contribution in [0.3, 0.4) is 0 Å². The number of likely N-dealkylation sites (tertiary alicyclic amines) is 1. The number of rotatable bonds is 4. The van der Waals surface area contributed by atoms with E-state index >= 15 is 0 Å². The third-order valence-corrected chi connectivity index (χ3v) is 2.03. The van der Waals surface area contributed by atoms with Crippen LogP contribution in [0, 0.1) is 0 Å². The molecule has 0 radical (unpaired) electrons. The number of carbonyl (C=O) groups excluding carboxylic acids is 2. The molecule has 0 aliphatic carbocycles. The lowest BCUT2D eigenvalue weighted by atomic mass is 10.2. The van der Waals surface area contributed by atoms with Gasteiger partial charge in [0, 0.05) is 13.0 Å². The fourth-order valence-electron chi connectivity index (χ4n) is 1.24. The Balaban J connectivity index is 2.35. The van der Waals surface area contributed by atoms with Gasteiger partial charge in [-0.2, -0.15) is 0 Å². The van der Waals surface area contributed by atoms with Gasteiger partial charge in [0.2, 0.25) is 5.91 Å². The fourth-order valence-corrected chi connectivity index (χ4v) is 1.24. The summed E-state index contributed by atoms with van der Waals surface area (Å²) in [6, 6.07) is 0. The number of aliphatic hydroxyl groups excluding tert-OH is 1. The van der Waals surface area contributed by atoms with Gasteiger partial charge in [0.15, 0.2) is 11.9 Å². The van der Waals surface area contributed by atoms with Crippen molar-refractivity contribution in [3.8, 4) is 0 Å². The maximum Gasteiger partial charge on any atom is 0.332 e. The molecule has 1 atom stereocenters. The molecule has 1 rings (SSSR count). The molecule has 14 heavy (non-hydrogen) atoms. The van der Waals surface area contributed by atoms with Gasteiger partial charge in [-0.15, -0.1) is 0 Å². The molecule has 0 bridgehead atoms. The van der Waals surface area contributed by atoms with Gasteiger partial charge in [-0.1, -0.05) is 0 Å². The first-order chi connectivity index (χ1) is 6.50. The third-order valence-electron chi connectivity index (χ3n) is 2.03. The molecule has 2 N–H and O–H groups in total. The molecule has 1 saturated heterocycles. The molecule has 78 valence electrons. The van der Waals surface area contributed by atoms with Gasteiger partial charge in [0.1, 0.15) is 0 Å². The van der Waals surface area contributed by atoms with Crippen molar-refractivity contribution in [1.29, 1.82) is 0 Å². The van der Waals surface area contributed by atoms with Crippen molar-refractivity contribution in [2.75, 3.05) is 13.1 Å². The lowest BCUT2D eigenvalue weighted by Crippen LogP contribution is -2.31. The summed E-state index contributed by atoms with van der Waals surface area (Å²) in [5.74, 6) is -1.78. The van der Waals surface area contributed by atoms with Crippen LogP contribution in [-0.4, -0.2) is 52.0 Å². The zero-order valence-electron chi connectivity index (χ0n) is 7.47. The number of amides is 1. The summed E-state index contributed by atoms with van der Waals surface area (Å²) in [6.07, 6.45) is -1.63. The van der Waals surface area contributed by atoms with Crippen LogP contribution in [-0.2, 0) is 14.4 Å². The molecule has 1 amide bonds. The monoisotopic (exact) mass is 201 g/mol. The topological polar surface area (TPSA) is 94.9 Å². The smallest absolute Gasteiger partial charge is 0.332 e. The fraction of sp³-hybridized carbons (Fsp3) is 0.625. The highest BCUT2D eigenvalue weighted by Crippen LogP contribution is 2.07. The van der Waals surface area contributed by atoms with Gasteiger partial charge < -0.3 is 15.1 Å². The molecule has 0 aromatic rings. The van der Waals surface area contributed by atoms with Crippen molar-refractivity contribution in [3.05, 3.63) is 0 Å². The average molecular weight is 201 g/mol. The van der Waals surface area contributed by atoms with E-state index in [-0.39, 0.29) is 37.6 Å². The van der Waals surface area contributed by atoms with E-state index in [4.69, 9.17) is 10.2 Å². The average Bonchev–Trinajstić information content (AvgIpc) is 2.40. The Morgan fingerprint density at radius 3 is 2.57 bits per heavy atom. The van der Waals surface area contributed by atoms with Crippen molar-refractivity contribution in [2.45, 2.75) is 18.9 Å². The molecule has 0 saturated carbocycles. The van der Waals surface area contributed by atoms with Crippen LogP contribution in [0.4, 0.5) is 0 Å². The third kappa shape index (κ3) is 2.53. The highest BCUT2D eigenvalue weighted by atomic mass is 16.4. The molecule has 0 unspecified atom stereocenters. The van der Waals surface area contributed by atoms with Crippen LogP contribution in [0.5, 0.6) is 0 Å². The number of hydrogen-bond acceptors (Lipinski definition) is 4. The maximum atomic E-state index is 11.0. The van der Waals surface area contributed by atoms with Crippen LogP contribution < -0.4 is 0 Å². The number of nitrogens with zero attached hydrogens (tertiary/aromatic N) is 1. The largest absolute Gasteiger partial charge is 0.479 e. The van der Waals surface area contributed by atoms with E-state index in [1.807, 2.05) is 0 Å². The van der Waals surface area contributed by atoms with Crippen LogP contribution in [0.1, 0.15) is 12.8 Å². The van der Waals surface area contributed by atoms with Crippen molar-refractivity contribution < 1.29 is 24.6 Å². The predicted molar refractivity (Wildman–Crippen MR) is 44.5 cm³/mol. The van der Waals surface area contributed by atoms with E-state index in [0.29, 0.717) is 0 Å². The molecular formula is C8H11NO5. The summed E-state index contributed by atoms with van der Waals surface area (Å²) in [4.78, 5) is 33.3. The summed E-state index contributed by atoms with van der Waals surface area (Å²) in [5.41, 5.74) is 0. The Morgan fingerprint density at radius 2 is 2.14 bits per heavy atom. The predicted octanol–water partition coefficient (Wildman–Crippen LogP) is -1.38. The summed E-state index contributed by atoms with van der Waals surface area (Å²) >= 11 is 0. The molecule has 0 spiro atoms. The van der Waals surface area contributed by atoms with E-state index in [2.05, 4.69) is 0 Å². The van der Waals surface area contributed by atoms with E-state index in [0.717, 1.165) is 0 Å². The Bertz CT molecular complexity index is 275. The van der Waals surface area contributed by atoms with E-state index in [9.17, 15) is 14.4 Å². The number of ketones is 1. The zero-order chi connectivity index (χ0) is 10.7. The summed E-state index contributed by atoms with van der Waals surface area (Å²) in [6.45, 7) is 0.142. The Hall–Kier alpha value is -1.43. The lowest BCUT2D eigenvalue weighted by molar-refractivity contribution is -0.147. The molecule has 1 aliphatic heterocycles. The highest BCUT2D eigenvalue weighted by Gasteiger charge is 2.28. The van der Waals surface area contributed by atoms with Gasteiger partial charge in [-0.05, 0) is 0 Å². The SMILES string of the molecule is O=C1CC(=O)N(CC[C@H](O)C(=O)O)C1. The summed E-state index contributed by atoms with van der Waals surface area (Å²) in [5, 5.41) is 17.3. The van der Waals surface area contributed by atoms with Crippen LogP contribution in [0.25, 0.3) is 0 Å². The van der Waals surface area contributed by atoms with E-state index < -0.39 is 12.1 Å². The quantitative estimate of drug-likeness (QED) is 0.547. The van der Waals surface area contributed by atoms with Gasteiger partial charge >= 0.3 is 5.97 Å². The van der Waals surface area contributed by atoms with Gasteiger partial charge in [-0.25, -0.2) is 4.79 Å². The molecule has 1 fully saturated rings. The van der Waals surface area contributed by atoms with Gasteiger partial charge in [-0.3, -0.25) is 9.59 Å². The second-order valence-corrected chi connectivity index (χ2v) is 3.17. The second kappa shape index (κ2) is 4.19. The van der Waals surface area contributed by atoms with Gasteiger partial charge in [0.25, 0.3) is 0 Å². The first-order valence-electron chi connectivity index (χ1n) is 4.21. The van der Waals surface area contributed by atoms with Crippen LogP contribution in [0.2, 0.25) is 0 Å². The molecular weight excluding hydrogens is 190 g/mol. The van der Waals surface area contributed by atoms with E-state index in [1.54, 1.807) is 0 Å². The van der Waals surface area contributed by atoms with E-state index in [1.165, 1.54) is 4.90 Å². The first-order valence-corrected chi connectivity index (χ1v) is 4.21. The molecule has 1 aliphatic rings. The van der Waals surface area contributed by atoms with Crippen LogP contribution in [0.15, 0.2) is 0 Å². The molecule has 1 heterocycles. The number of aliphatic hydroxyl groups is 1. The first kappa shape index (κ1) is 10.6. The number of carbonyl (C=O) groups is 3. The Labute approximate surface area is 80.1 Å². The standard InChI is InChI=1S/C8H11NO5/c10-5-3-7(12)9(4-5)2-1-6(11)8(13)14/h6,11H,1-4H2,(H,13,14)/t6-/m0/s1. The number of hydrogen-bond donors (Lipinski definition) is 2. The number of carboxylic acids is 1. The normalized spacial score (nSPS) is 18.8. The lowest BCUT2D eigenvalue weighted by Gasteiger charge is -2.15. The summed E-state index contributed by atoms with van der Waals surface area (Å²) < 4.78 is 0. The maximum absolute atomic E-state index is 11.0. The summed E-state index contributed by atoms with van der Waals surface area (Å²) in [7, 11) is 0. The Morgan fingerprint density at radius 1 is 1.50 bits per heavy atom. The minimum absolute atomic E-state index is 0.0329. The van der Waals surface area contributed by atoms with Gasteiger partial charge in [0.05, 0.1) is 13.0 Å². The minimum atomic E-state index is -1.47. The second-order valence-electron chi connectivity index (χ2n) is 3.17. The number of Topliss-reactive ketones (excluding diaryl/α,β-unsaturated/α-hetero) is 1. The minimum Gasteiger partial charge on any atom is -0.479 e. The van der Waals surface area contributed by atoms with Crippen molar-refractivity contribution in [3.63, 3.8) is 0 Å². The molecule has 6 nitrogen and oxygen atoms in total. The number of carboxylic acid groups (broad SMARTS) is 1. The molecule has 0 aromatic heterocycles. The Kier molecular flexibility index (Phi) is 3.19.